The highest BCUT2D eigenvalue weighted by Gasteiger charge is 1.95. The molecule has 0 aromatic heterocycles. The largest absolute Gasteiger partial charge is 0.0985 e. The highest BCUT2D eigenvalue weighted by molar-refractivity contribution is 5.88. The van der Waals surface area contributed by atoms with E-state index in [0.29, 0.717) is 0 Å². The molecule has 1 radical (unpaired) electrons. The molecule has 2 aromatic carbocycles. The molecule has 0 nitrogen and oxygen atoms in total. The summed E-state index contributed by atoms with van der Waals surface area (Å²) >= 11 is 0. The van der Waals surface area contributed by atoms with Crippen LogP contribution in [0.4, 0.5) is 0 Å². The maximum absolute atomic E-state index is 3.98. The number of rotatable bonds is 1. The maximum atomic E-state index is 3.98. The van der Waals surface area contributed by atoms with Gasteiger partial charge in [0.25, 0.3) is 0 Å². The minimum absolute atomic E-state index is 1.08. The van der Waals surface area contributed by atoms with E-state index in [9.17, 15) is 0 Å². The van der Waals surface area contributed by atoms with Crippen LogP contribution >= 0.6 is 0 Å². The van der Waals surface area contributed by atoms with Crippen LogP contribution in [0.2, 0.25) is 0 Å². The fraction of sp³-hybridized carbons (Fsp3) is 0. The van der Waals surface area contributed by atoms with E-state index in [0.717, 1.165) is 11.1 Å². The predicted molar refractivity (Wildman–Crippen MR) is 58.5 cm³/mol. The molecule has 0 saturated heterocycles. The molecule has 0 aliphatic rings. The normalized spacial score (nSPS) is 10.2. The van der Waals surface area contributed by atoms with Crippen molar-refractivity contribution in [3.63, 3.8) is 0 Å². The summed E-state index contributed by atoms with van der Waals surface area (Å²) in [5.74, 6) is 0. The van der Waals surface area contributed by atoms with Crippen molar-refractivity contribution >= 4 is 16.8 Å². The molecular formula is C13H11. The van der Waals surface area contributed by atoms with Crippen molar-refractivity contribution in [2.24, 2.45) is 0 Å². The van der Waals surface area contributed by atoms with E-state index in [4.69, 9.17) is 0 Å². The second-order valence-corrected chi connectivity index (χ2v) is 3.10. The molecule has 2 aromatic rings. The molecule has 13 heavy (non-hydrogen) atoms. The van der Waals surface area contributed by atoms with Crippen LogP contribution in [0, 0.1) is 6.92 Å². The highest BCUT2D eigenvalue weighted by atomic mass is 14.0. The monoisotopic (exact) mass is 167 g/mol. The van der Waals surface area contributed by atoms with Gasteiger partial charge in [0, 0.05) is 0 Å². The summed E-state index contributed by atoms with van der Waals surface area (Å²) in [4.78, 5) is 0. The Morgan fingerprint density at radius 2 is 1.92 bits per heavy atom. The second-order valence-electron chi connectivity index (χ2n) is 3.10. The van der Waals surface area contributed by atoms with Gasteiger partial charge in [-0.1, -0.05) is 43.0 Å². The summed E-state index contributed by atoms with van der Waals surface area (Å²) in [5.41, 5.74) is 2.23. The zero-order chi connectivity index (χ0) is 9.26. The number of fused-ring (bicyclic) bond motifs is 1. The van der Waals surface area contributed by atoms with Crippen molar-refractivity contribution in [2.75, 3.05) is 0 Å². The first kappa shape index (κ1) is 8.06. The lowest BCUT2D eigenvalue weighted by Gasteiger charge is -2.02. The smallest absolute Gasteiger partial charge is 0.0151 e. The van der Waals surface area contributed by atoms with Gasteiger partial charge in [0.05, 0.1) is 0 Å². The van der Waals surface area contributed by atoms with E-state index >= 15 is 0 Å². The van der Waals surface area contributed by atoms with Crippen molar-refractivity contribution < 1.29 is 0 Å². The Morgan fingerprint density at radius 1 is 1.08 bits per heavy atom. The molecule has 63 valence electrons. The lowest BCUT2D eigenvalue weighted by atomic mass is 10.0. The Kier molecular flexibility index (Phi) is 1.90. The van der Waals surface area contributed by atoms with E-state index in [-0.39, 0.29) is 0 Å². The van der Waals surface area contributed by atoms with Gasteiger partial charge in [-0.25, -0.2) is 0 Å². The van der Waals surface area contributed by atoms with Crippen LogP contribution in [-0.4, -0.2) is 0 Å². The number of benzene rings is 2. The molecule has 0 spiro atoms. The summed E-state index contributed by atoms with van der Waals surface area (Å²) in [5, 5.41) is 2.44. The maximum Gasteiger partial charge on any atom is -0.0151 e. The Hall–Kier alpha value is -1.56. The van der Waals surface area contributed by atoms with Gasteiger partial charge in [-0.2, -0.15) is 0 Å². The van der Waals surface area contributed by atoms with Gasteiger partial charge in [-0.15, -0.1) is 0 Å². The van der Waals surface area contributed by atoms with Crippen molar-refractivity contribution in [1.29, 1.82) is 0 Å². The Balaban J connectivity index is 2.79. The van der Waals surface area contributed by atoms with Crippen molar-refractivity contribution in [2.45, 2.75) is 0 Å². The van der Waals surface area contributed by atoms with Gasteiger partial charge in [0.15, 0.2) is 0 Å². The van der Waals surface area contributed by atoms with E-state index in [2.05, 4.69) is 37.8 Å². The van der Waals surface area contributed by atoms with Crippen molar-refractivity contribution in [1.82, 2.24) is 0 Å². The zero-order valence-corrected chi connectivity index (χ0v) is 7.46. The molecule has 0 unspecified atom stereocenters. The molecular weight excluding hydrogens is 156 g/mol. The zero-order valence-electron chi connectivity index (χ0n) is 7.46. The first-order chi connectivity index (χ1) is 6.31. The molecule has 2 rings (SSSR count). The molecule has 0 heteroatoms. The Morgan fingerprint density at radius 3 is 2.69 bits per heavy atom. The number of hydrogen-bond acceptors (Lipinski definition) is 0. The molecule has 0 bridgehead atoms. The van der Waals surface area contributed by atoms with E-state index < -0.39 is 0 Å². The van der Waals surface area contributed by atoms with Crippen LogP contribution in [-0.2, 0) is 0 Å². The fourth-order valence-corrected chi connectivity index (χ4v) is 1.50. The molecule has 0 aliphatic heterocycles. The molecule has 0 atom stereocenters. The summed E-state index contributed by atoms with van der Waals surface area (Å²) in [6.45, 7) is 7.72. The lowest BCUT2D eigenvalue weighted by molar-refractivity contribution is 1.66. The molecule has 0 saturated carbocycles. The van der Waals surface area contributed by atoms with E-state index in [1.54, 1.807) is 0 Å². The van der Waals surface area contributed by atoms with E-state index in [1.807, 2.05) is 18.2 Å². The third-order valence-electron chi connectivity index (χ3n) is 2.23. The van der Waals surface area contributed by atoms with Crippen LogP contribution in [0.1, 0.15) is 11.1 Å². The third kappa shape index (κ3) is 1.35. The molecule has 0 heterocycles. The van der Waals surface area contributed by atoms with Crippen molar-refractivity contribution in [3.8, 4) is 0 Å². The quantitative estimate of drug-likeness (QED) is 0.608. The molecule has 0 fully saturated rings. The van der Waals surface area contributed by atoms with Crippen LogP contribution in [0.5, 0.6) is 0 Å². The molecule has 0 N–H and O–H groups in total. The number of hydrogen-bond donors (Lipinski definition) is 0. The minimum atomic E-state index is 1.08. The third-order valence-corrected chi connectivity index (χ3v) is 2.23. The van der Waals surface area contributed by atoms with Crippen molar-refractivity contribution in [3.05, 3.63) is 61.0 Å². The van der Waals surface area contributed by atoms with Crippen LogP contribution in [0.25, 0.3) is 16.8 Å². The fourth-order valence-electron chi connectivity index (χ4n) is 1.50. The van der Waals surface area contributed by atoms with Gasteiger partial charge in [-0.05, 0) is 34.9 Å². The average molecular weight is 167 g/mol. The van der Waals surface area contributed by atoms with Gasteiger partial charge >= 0.3 is 0 Å². The Bertz CT molecular complexity index is 453. The van der Waals surface area contributed by atoms with Gasteiger partial charge in [-0.3, -0.25) is 0 Å². The lowest BCUT2D eigenvalue weighted by Crippen LogP contribution is -1.78. The topological polar surface area (TPSA) is 0 Å². The molecule has 0 aliphatic carbocycles. The second kappa shape index (κ2) is 3.06. The van der Waals surface area contributed by atoms with Crippen LogP contribution < -0.4 is 0 Å². The van der Waals surface area contributed by atoms with Gasteiger partial charge in [0.2, 0.25) is 0 Å². The summed E-state index contributed by atoms with van der Waals surface area (Å²) < 4.78 is 0. The Labute approximate surface area is 78.5 Å². The SMILES string of the molecule is [CH2]c1cccc2cc(C=C)ccc12. The van der Waals surface area contributed by atoms with Crippen LogP contribution in [0.15, 0.2) is 43.0 Å². The highest BCUT2D eigenvalue weighted by Crippen LogP contribution is 2.19. The van der Waals surface area contributed by atoms with E-state index in [1.165, 1.54) is 10.8 Å². The van der Waals surface area contributed by atoms with Gasteiger partial charge < -0.3 is 0 Å². The summed E-state index contributed by atoms with van der Waals surface area (Å²) in [6.07, 6.45) is 1.86. The minimum Gasteiger partial charge on any atom is -0.0985 e. The molecule has 0 amide bonds. The summed E-state index contributed by atoms with van der Waals surface area (Å²) in [7, 11) is 0. The summed E-state index contributed by atoms with van der Waals surface area (Å²) in [6, 6.07) is 12.4. The average Bonchev–Trinajstić information content (AvgIpc) is 2.18. The first-order valence-electron chi connectivity index (χ1n) is 4.28. The predicted octanol–water partition coefficient (Wildman–Crippen LogP) is 3.66. The van der Waals surface area contributed by atoms with Crippen LogP contribution in [0.3, 0.4) is 0 Å². The standard InChI is InChI=1S/C13H11/c1-3-11-7-8-13-10(2)5-4-6-12(13)9-11/h3-9H,1-2H2. The van der Waals surface area contributed by atoms with Gasteiger partial charge in [0.1, 0.15) is 0 Å². The first-order valence-corrected chi connectivity index (χ1v) is 4.28.